The van der Waals surface area contributed by atoms with Crippen LogP contribution in [0.1, 0.15) is 25.7 Å². The number of hydrogen-bond acceptors (Lipinski definition) is 2. The second kappa shape index (κ2) is 9.77. The van der Waals surface area contributed by atoms with Crippen molar-refractivity contribution in [3.8, 4) is 24.2 Å². The number of aliphatic carboxylic acids is 1. The molecule has 0 amide bonds. The van der Waals surface area contributed by atoms with Crippen molar-refractivity contribution in [1.29, 1.82) is 0 Å². The van der Waals surface area contributed by atoms with E-state index in [0.717, 1.165) is 0 Å². The van der Waals surface area contributed by atoms with Gasteiger partial charge in [-0.15, -0.1) is 12.3 Å². The Kier molecular flexibility index (Phi) is 8.74. The molecule has 0 aliphatic heterocycles. The molecule has 0 heterocycles. The quantitative estimate of drug-likeness (QED) is 0.557. The minimum absolute atomic E-state index is 0.126. The van der Waals surface area contributed by atoms with E-state index < -0.39 is 24.4 Å². The third-order valence-electron chi connectivity index (χ3n) is 2.09. The molecule has 0 spiro atoms. The van der Waals surface area contributed by atoms with Gasteiger partial charge in [-0.3, -0.25) is 4.79 Å². The van der Waals surface area contributed by atoms with Crippen LogP contribution in [-0.2, 0) is 4.79 Å². The first-order valence-electron chi connectivity index (χ1n) is 5.94. The van der Waals surface area contributed by atoms with Crippen LogP contribution < -0.4 is 0 Å². The zero-order valence-corrected chi connectivity index (χ0v) is 10.9. The summed E-state index contributed by atoms with van der Waals surface area (Å²) < 4.78 is 26.3. The molecule has 0 aromatic heterocycles. The van der Waals surface area contributed by atoms with Gasteiger partial charge in [0.05, 0.1) is 6.10 Å². The standard InChI is InChI=1S/C15H16F2O3/c1-2-8-13(18)9-5-3-4-6-11-15(16,17)12-7-10-14(19)20/h1,3-5,9,13,18H,7-8,10,12H2,(H,19,20)/b4-3+,9-5+/t13-/m1/s1. The van der Waals surface area contributed by atoms with Gasteiger partial charge in [0.25, 0.3) is 0 Å². The number of terminal acetylenes is 1. The minimum atomic E-state index is -3.20. The highest BCUT2D eigenvalue weighted by Crippen LogP contribution is 2.19. The number of rotatable bonds is 7. The topological polar surface area (TPSA) is 57.5 Å². The van der Waals surface area contributed by atoms with Gasteiger partial charge in [0.15, 0.2) is 0 Å². The summed E-state index contributed by atoms with van der Waals surface area (Å²) in [7, 11) is 0. The number of aliphatic hydroxyl groups is 1. The van der Waals surface area contributed by atoms with E-state index in [4.69, 9.17) is 11.5 Å². The van der Waals surface area contributed by atoms with Crippen LogP contribution in [0.5, 0.6) is 0 Å². The largest absolute Gasteiger partial charge is 0.481 e. The monoisotopic (exact) mass is 282 g/mol. The summed E-state index contributed by atoms with van der Waals surface area (Å²) in [5, 5.41) is 17.5. The molecule has 0 aromatic rings. The van der Waals surface area contributed by atoms with Gasteiger partial charge in [-0.25, -0.2) is 0 Å². The lowest BCUT2D eigenvalue weighted by molar-refractivity contribution is -0.137. The Morgan fingerprint density at radius 2 is 2.10 bits per heavy atom. The van der Waals surface area contributed by atoms with Crippen LogP contribution in [0, 0.1) is 24.2 Å². The van der Waals surface area contributed by atoms with Gasteiger partial charge < -0.3 is 10.2 Å². The van der Waals surface area contributed by atoms with Gasteiger partial charge in [0.1, 0.15) is 0 Å². The summed E-state index contributed by atoms with van der Waals surface area (Å²) in [4.78, 5) is 10.2. The zero-order chi connectivity index (χ0) is 15.4. The van der Waals surface area contributed by atoms with Gasteiger partial charge >= 0.3 is 11.9 Å². The lowest BCUT2D eigenvalue weighted by atomic mass is 10.1. The molecule has 0 fully saturated rings. The molecule has 0 saturated carbocycles. The number of carboxylic acid groups (broad SMARTS) is 1. The molecular formula is C15H16F2O3. The maximum Gasteiger partial charge on any atom is 0.308 e. The number of alkyl halides is 2. The Morgan fingerprint density at radius 1 is 1.40 bits per heavy atom. The maximum atomic E-state index is 13.1. The van der Waals surface area contributed by atoms with E-state index in [1.54, 1.807) is 5.92 Å². The van der Waals surface area contributed by atoms with Crippen LogP contribution in [0.2, 0.25) is 0 Å². The summed E-state index contributed by atoms with van der Waals surface area (Å²) in [6.07, 6.45) is 8.87. The highest BCUT2D eigenvalue weighted by atomic mass is 19.3. The van der Waals surface area contributed by atoms with Gasteiger partial charge in [0, 0.05) is 19.3 Å². The van der Waals surface area contributed by atoms with Gasteiger partial charge in [-0.2, -0.15) is 8.78 Å². The van der Waals surface area contributed by atoms with Crippen molar-refractivity contribution < 1.29 is 23.8 Å². The summed E-state index contributed by atoms with van der Waals surface area (Å²) in [5.41, 5.74) is 0. The van der Waals surface area contributed by atoms with Crippen molar-refractivity contribution in [2.75, 3.05) is 0 Å². The number of halogens is 2. The first-order valence-corrected chi connectivity index (χ1v) is 5.94. The third kappa shape index (κ3) is 11.0. The lowest BCUT2D eigenvalue weighted by Gasteiger charge is -2.06. The Labute approximate surface area is 117 Å². The van der Waals surface area contributed by atoms with E-state index in [9.17, 15) is 18.7 Å². The molecular weight excluding hydrogens is 266 g/mol. The highest BCUT2D eigenvalue weighted by molar-refractivity contribution is 5.66. The predicted molar refractivity (Wildman–Crippen MR) is 71.9 cm³/mol. The van der Waals surface area contributed by atoms with Crippen molar-refractivity contribution in [3.63, 3.8) is 0 Å². The highest BCUT2D eigenvalue weighted by Gasteiger charge is 2.25. The van der Waals surface area contributed by atoms with E-state index in [-0.39, 0.29) is 19.3 Å². The molecule has 108 valence electrons. The summed E-state index contributed by atoms with van der Waals surface area (Å²) >= 11 is 0. The number of allylic oxidation sites excluding steroid dienone is 3. The van der Waals surface area contributed by atoms with E-state index >= 15 is 0 Å². The van der Waals surface area contributed by atoms with E-state index in [1.165, 1.54) is 24.3 Å². The minimum Gasteiger partial charge on any atom is -0.481 e. The summed E-state index contributed by atoms with van der Waals surface area (Å²) in [6.45, 7) is 0. The van der Waals surface area contributed by atoms with Crippen LogP contribution >= 0.6 is 0 Å². The SMILES string of the molecule is C#CC[C@@H](O)/C=C/C=C/C#CC(F)(F)CCCC(=O)O. The third-order valence-corrected chi connectivity index (χ3v) is 2.09. The lowest BCUT2D eigenvalue weighted by Crippen LogP contribution is -2.13. The Morgan fingerprint density at radius 3 is 2.70 bits per heavy atom. The molecule has 5 heteroatoms. The van der Waals surface area contributed by atoms with Crippen molar-refractivity contribution in [3.05, 3.63) is 24.3 Å². The fraction of sp³-hybridized carbons (Fsp3) is 0.400. The average molecular weight is 282 g/mol. The fourth-order valence-electron chi connectivity index (χ4n) is 1.16. The molecule has 0 aliphatic carbocycles. The van der Waals surface area contributed by atoms with Crippen LogP contribution in [0.25, 0.3) is 0 Å². The first-order chi connectivity index (χ1) is 9.37. The van der Waals surface area contributed by atoms with Crippen LogP contribution in [0.15, 0.2) is 24.3 Å². The Balaban J connectivity index is 4.17. The van der Waals surface area contributed by atoms with Crippen molar-refractivity contribution in [2.24, 2.45) is 0 Å². The number of aliphatic hydroxyl groups excluding tert-OH is 1. The number of carbonyl (C=O) groups is 1. The molecule has 0 radical (unpaired) electrons. The molecule has 0 aromatic carbocycles. The molecule has 0 unspecified atom stereocenters. The van der Waals surface area contributed by atoms with E-state index in [2.05, 4.69) is 11.8 Å². The molecule has 0 bridgehead atoms. The summed E-state index contributed by atoms with van der Waals surface area (Å²) in [6, 6.07) is 0. The fourth-order valence-corrected chi connectivity index (χ4v) is 1.16. The Bertz CT molecular complexity index is 462. The number of hydrogen-bond donors (Lipinski definition) is 2. The van der Waals surface area contributed by atoms with Crippen molar-refractivity contribution in [1.82, 2.24) is 0 Å². The van der Waals surface area contributed by atoms with Gasteiger partial charge in [0.2, 0.25) is 0 Å². The zero-order valence-electron chi connectivity index (χ0n) is 10.9. The van der Waals surface area contributed by atoms with Gasteiger partial charge in [-0.05, 0) is 18.4 Å². The van der Waals surface area contributed by atoms with Gasteiger partial charge in [-0.1, -0.05) is 24.1 Å². The Hall–Kier alpha value is -2.11. The maximum absolute atomic E-state index is 13.1. The molecule has 20 heavy (non-hydrogen) atoms. The average Bonchev–Trinajstić information content (AvgIpc) is 2.33. The van der Waals surface area contributed by atoms with Crippen LogP contribution in [-0.4, -0.2) is 28.2 Å². The smallest absolute Gasteiger partial charge is 0.308 e. The normalized spacial score (nSPS) is 12.9. The van der Waals surface area contributed by atoms with E-state index in [0.29, 0.717) is 0 Å². The second-order valence-electron chi connectivity index (χ2n) is 3.94. The predicted octanol–water partition coefficient (Wildman–Crippen LogP) is 2.38. The molecule has 0 rings (SSSR count). The molecule has 2 N–H and O–H groups in total. The molecule has 0 aliphatic rings. The first kappa shape index (κ1) is 17.9. The van der Waals surface area contributed by atoms with Crippen molar-refractivity contribution >= 4 is 5.97 Å². The van der Waals surface area contributed by atoms with E-state index in [1.807, 2.05) is 0 Å². The van der Waals surface area contributed by atoms with Crippen LogP contribution in [0.3, 0.4) is 0 Å². The summed E-state index contributed by atoms with van der Waals surface area (Å²) in [5.74, 6) is 1.89. The molecule has 0 saturated heterocycles. The number of carboxylic acids is 1. The molecule has 3 nitrogen and oxygen atoms in total. The molecule has 1 atom stereocenters. The second-order valence-corrected chi connectivity index (χ2v) is 3.94. The van der Waals surface area contributed by atoms with Crippen molar-refractivity contribution in [2.45, 2.75) is 37.7 Å². The van der Waals surface area contributed by atoms with Crippen LogP contribution in [0.4, 0.5) is 8.78 Å².